The summed E-state index contributed by atoms with van der Waals surface area (Å²) in [5.74, 6) is 0. The Hall–Kier alpha value is -0.410. The monoisotopic (exact) mass is 212 g/mol. The average molecular weight is 212 g/mol. The fourth-order valence-electron chi connectivity index (χ4n) is 2.21. The molecule has 88 valence electrons. The van der Waals surface area contributed by atoms with Gasteiger partial charge in [-0.2, -0.15) is 0 Å². The fraction of sp³-hybridized carbons (Fsp3) is 0.917. The van der Waals surface area contributed by atoms with Gasteiger partial charge in [0.2, 0.25) is 0 Å². The SMILES string of the molecule is CCC1CN(CC(C)(C)C=O)CCN1C. The van der Waals surface area contributed by atoms with Crippen LogP contribution in [-0.2, 0) is 4.79 Å². The van der Waals surface area contributed by atoms with Crippen LogP contribution < -0.4 is 0 Å². The van der Waals surface area contributed by atoms with Crippen LogP contribution in [0.4, 0.5) is 0 Å². The van der Waals surface area contributed by atoms with Crippen molar-refractivity contribution in [3.8, 4) is 0 Å². The van der Waals surface area contributed by atoms with E-state index in [4.69, 9.17) is 0 Å². The van der Waals surface area contributed by atoms with Crippen LogP contribution >= 0.6 is 0 Å². The molecule has 0 aromatic heterocycles. The number of hydrogen-bond donors (Lipinski definition) is 0. The van der Waals surface area contributed by atoms with Gasteiger partial charge in [0, 0.05) is 37.6 Å². The van der Waals surface area contributed by atoms with E-state index < -0.39 is 0 Å². The van der Waals surface area contributed by atoms with Gasteiger partial charge >= 0.3 is 0 Å². The van der Waals surface area contributed by atoms with Crippen LogP contribution in [0.3, 0.4) is 0 Å². The second-order valence-corrected chi connectivity index (χ2v) is 5.38. The van der Waals surface area contributed by atoms with Gasteiger partial charge in [-0.1, -0.05) is 20.8 Å². The molecule has 15 heavy (non-hydrogen) atoms. The van der Waals surface area contributed by atoms with E-state index in [0.717, 1.165) is 32.5 Å². The van der Waals surface area contributed by atoms with Gasteiger partial charge in [0.1, 0.15) is 6.29 Å². The third-order valence-electron chi connectivity index (χ3n) is 3.28. The predicted molar refractivity (Wildman–Crippen MR) is 63.0 cm³/mol. The van der Waals surface area contributed by atoms with Crippen molar-refractivity contribution < 1.29 is 4.79 Å². The van der Waals surface area contributed by atoms with E-state index in [0.29, 0.717) is 6.04 Å². The summed E-state index contributed by atoms with van der Waals surface area (Å²) in [5, 5.41) is 0. The fourth-order valence-corrected chi connectivity index (χ4v) is 2.21. The van der Waals surface area contributed by atoms with Crippen molar-refractivity contribution in [2.75, 3.05) is 33.2 Å². The molecule has 3 heteroatoms. The molecule has 0 aliphatic carbocycles. The molecule has 0 aromatic rings. The molecule has 1 unspecified atom stereocenters. The highest BCUT2D eigenvalue weighted by Crippen LogP contribution is 2.17. The summed E-state index contributed by atoms with van der Waals surface area (Å²) < 4.78 is 0. The first-order valence-electron chi connectivity index (χ1n) is 5.87. The molecule has 0 spiro atoms. The molecule has 1 atom stereocenters. The Morgan fingerprint density at radius 1 is 1.40 bits per heavy atom. The first-order chi connectivity index (χ1) is 6.98. The van der Waals surface area contributed by atoms with E-state index in [1.807, 2.05) is 13.8 Å². The maximum absolute atomic E-state index is 10.9. The van der Waals surface area contributed by atoms with E-state index in [1.54, 1.807) is 0 Å². The zero-order chi connectivity index (χ0) is 11.5. The Morgan fingerprint density at radius 3 is 2.60 bits per heavy atom. The van der Waals surface area contributed by atoms with Crippen LogP contribution in [-0.4, -0.2) is 55.4 Å². The smallest absolute Gasteiger partial charge is 0.126 e. The van der Waals surface area contributed by atoms with Crippen molar-refractivity contribution in [1.82, 2.24) is 9.80 Å². The highest BCUT2D eigenvalue weighted by molar-refractivity contribution is 5.58. The lowest BCUT2D eigenvalue weighted by atomic mass is 9.94. The third-order valence-corrected chi connectivity index (χ3v) is 3.28. The Morgan fingerprint density at radius 2 is 2.07 bits per heavy atom. The van der Waals surface area contributed by atoms with Gasteiger partial charge in [0.25, 0.3) is 0 Å². The van der Waals surface area contributed by atoms with Crippen molar-refractivity contribution in [3.05, 3.63) is 0 Å². The van der Waals surface area contributed by atoms with Crippen LogP contribution in [0.5, 0.6) is 0 Å². The van der Waals surface area contributed by atoms with E-state index in [1.165, 1.54) is 6.42 Å². The van der Waals surface area contributed by atoms with Gasteiger partial charge in [-0.05, 0) is 13.5 Å². The summed E-state index contributed by atoms with van der Waals surface area (Å²) in [4.78, 5) is 15.7. The number of hydrogen-bond acceptors (Lipinski definition) is 3. The topological polar surface area (TPSA) is 23.6 Å². The predicted octanol–water partition coefficient (Wildman–Crippen LogP) is 1.24. The van der Waals surface area contributed by atoms with Crippen molar-refractivity contribution in [1.29, 1.82) is 0 Å². The number of piperazine rings is 1. The lowest BCUT2D eigenvalue weighted by Gasteiger charge is -2.41. The van der Waals surface area contributed by atoms with Crippen LogP contribution in [0, 0.1) is 5.41 Å². The second-order valence-electron chi connectivity index (χ2n) is 5.38. The maximum atomic E-state index is 10.9. The molecule has 0 aromatic carbocycles. The Kier molecular flexibility index (Phi) is 4.29. The lowest BCUT2D eigenvalue weighted by molar-refractivity contribution is -0.116. The summed E-state index contributed by atoms with van der Waals surface area (Å²) in [5.41, 5.74) is -0.200. The highest BCUT2D eigenvalue weighted by Gasteiger charge is 2.27. The first-order valence-corrected chi connectivity index (χ1v) is 5.87. The molecule has 1 aliphatic heterocycles. The molecule has 1 saturated heterocycles. The van der Waals surface area contributed by atoms with Crippen molar-refractivity contribution >= 4 is 6.29 Å². The summed E-state index contributed by atoms with van der Waals surface area (Å²) in [6.07, 6.45) is 2.26. The molecule has 0 saturated carbocycles. The van der Waals surface area contributed by atoms with E-state index in [-0.39, 0.29) is 5.41 Å². The summed E-state index contributed by atoms with van der Waals surface area (Å²) in [6, 6.07) is 0.654. The molecule has 1 rings (SSSR count). The number of nitrogens with zero attached hydrogens (tertiary/aromatic N) is 2. The lowest BCUT2D eigenvalue weighted by Crippen LogP contribution is -2.53. The largest absolute Gasteiger partial charge is 0.303 e. The van der Waals surface area contributed by atoms with Gasteiger partial charge in [-0.15, -0.1) is 0 Å². The number of carbonyl (C=O) groups is 1. The van der Waals surface area contributed by atoms with Gasteiger partial charge in [0.15, 0.2) is 0 Å². The highest BCUT2D eigenvalue weighted by atomic mass is 16.1. The Bertz CT molecular complexity index is 216. The van der Waals surface area contributed by atoms with Crippen LogP contribution in [0.1, 0.15) is 27.2 Å². The van der Waals surface area contributed by atoms with Crippen LogP contribution in [0.15, 0.2) is 0 Å². The van der Waals surface area contributed by atoms with E-state index in [2.05, 4.69) is 23.8 Å². The zero-order valence-electron chi connectivity index (χ0n) is 10.5. The summed E-state index contributed by atoms with van der Waals surface area (Å²) in [6.45, 7) is 10.5. The zero-order valence-corrected chi connectivity index (χ0v) is 10.5. The van der Waals surface area contributed by atoms with Crippen molar-refractivity contribution in [2.24, 2.45) is 5.41 Å². The second kappa shape index (κ2) is 5.08. The van der Waals surface area contributed by atoms with Gasteiger partial charge in [0.05, 0.1) is 0 Å². The minimum Gasteiger partial charge on any atom is -0.303 e. The minimum absolute atomic E-state index is 0.200. The molecule has 1 aliphatic rings. The van der Waals surface area contributed by atoms with Crippen molar-refractivity contribution in [3.63, 3.8) is 0 Å². The molecule has 0 N–H and O–H groups in total. The van der Waals surface area contributed by atoms with Crippen LogP contribution in [0.2, 0.25) is 0 Å². The Labute approximate surface area is 93.4 Å². The van der Waals surface area contributed by atoms with Gasteiger partial charge < -0.3 is 9.69 Å². The summed E-state index contributed by atoms with van der Waals surface area (Å²) in [7, 11) is 2.19. The van der Waals surface area contributed by atoms with E-state index >= 15 is 0 Å². The molecular formula is C12H24N2O. The van der Waals surface area contributed by atoms with Gasteiger partial charge in [-0.25, -0.2) is 0 Å². The standard InChI is InChI=1S/C12H24N2O/c1-5-11-8-14(7-6-13(11)4)9-12(2,3)10-15/h10-11H,5-9H2,1-4H3. The molecular weight excluding hydrogens is 188 g/mol. The van der Waals surface area contributed by atoms with Crippen LogP contribution in [0.25, 0.3) is 0 Å². The molecule has 0 amide bonds. The number of aldehydes is 1. The van der Waals surface area contributed by atoms with Gasteiger partial charge in [-0.3, -0.25) is 4.90 Å². The normalized spacial score (nSPS) is 25.5. The van der Waals surface area contributed by atoms with E-state index in [9.17, 15) is 4.79 Å². The Balaban J connectivity index is 2.48. The maximum Gasteiger partial charge on any atom is 0.126 e. The molecule has 1 heterocycles. The molecule has 3 nitrogen and oxygen atoms in total. The number of carbonyl (C=O) groups excluding carboxylic acids is 1. The minimum atomic E-state index is -0.200. The molecule has 1 fully saturated rings. The van der Waals surface area contributed by atoms with Crippen molar-refractivity contribution in [2.45, 2.75) is 33.2 Å². The quantitative estimate of drug-likeness (QED) is 0.655. The number of likely N-dealkylation sites (N-methyl/N-ethyl adjacent to an activating group) is 1. The first kappa shape index (κ1) is 12.7. The summed E-state index contributed by atoms with van der Waals surface area (Å²) >= 11 is 0. The molecule has 0 bridgehead atoms. The molecule has 0 radical (unpaired) electrons. The third kappa shape index (κ3) is 3.58. The number of rotatable bonds is 4. The average Bonchev–Trinajstić information content (AvgIpc) is 2.20.